The number of nitrogens with one attached hydrogen (secondary N) is 2. The quantitative estimate of drug-likeness (QED) is 0.0961. The fraction of sp³-hybridized carbons (Fsp3) is 0.448. The number of halogens is 4. The Balaban J connectivity index is 1.55. The fourth-order valence-electron chi connectivity index (χ4n) is 4.38. The SMILES string of the molecule is CC(Cl)CCCCCCCCCCCC(=O)NN(c1ccccc1)c1cc(=O)n(-c2c(Cl)cc(Cl)cc2Cl)[nH]1. The molecule has 3 rings (SSSR count). The molecule has 0 aliphatic rings. The van der Waals surface area contributed by atoms with Crippen LogP contribution in [0.1, 0.15) is 77.6 Å². The number of aromatic nitrogens is 2. The minimum Gasteiger partial charge on any atom is -0.274 e. The Morgan fingerprint density at radius 1 is 0.897 bits per heavy atom. The number of carbonyl (C=O) groups excluding carboxylic acids is 1. The molecule has 39 heavy (non-hydrogen) atoms. The average Bonchev–Trinajstić information content (AvgIpc) is 3.26. The summed E-state index contributed by atoms with van der Waals surface area (Å²) >= 11 is 24.7. The summed E-state index contributed by atoms with van der Waals surface area (Å²) < 4.78 is 1.23. The summed E-state index contributed by atoms with van der Waals surface area (Å²) in [6, 6.07) is 13.7. The van der Waals surface area contributed by atoms with Crippen molar-refractivity contribution in [3.8, 4) is 5.69 Å². The number of aromatic amines is 1. The number of hydrogen-bond acceptors (Lipinski definition) is 3. The molecule has 0 aliphatic heterocycles. The Kier molecular flexibility index (Phi) is 13.1. The second kappa shape index (κ2) is 16.2. The molecule has 3 aromatic rings. The van der Waals surface area contributed by atoms with Gasteiger partial charge in [-0.15, -0.1) is 11.6 Å². The van der Waals surface area contributed by atoms with Gasteiger partial charge >= 0.3 is 0 Å². The van der Waals surface area contributed by atoms with Gasteiger partial charge in [0, 0.05) is 22.9 Å². The largest absolute Gasteiger partial charge is 0.274 e. The van der Waals surface area contributed by atoms with Crippen molar-refractivity contribution in [2.45, 2.75) is 82.9 Å². The van der Waals surface area contributed by atoms with Crippen LogP contribution in [0, 0.1) is 0 Å². The highest BCUT2D eigenvalue weighted by molar-refractivity contribution is 6.40. The summed E-state index contributed by atoms with van der Waals surface area (Å²) in [5.41, 5.74) is 3.51. The smallest absolute Gasteiger partial charge is 0.273 e. The van der Waals surface area contributed by atoms with Gasteiger partial charge in [-0.25, -0.2) is 9.69 Å². The lowest BCUT2D eigenvalue weighted by atomic mass is 10.1. The third-order valence-electron chi connectivity index (χ3n) is 6.41. The van der Waals surface area contributed by atoms with Crippen molar-refractivity contribution < 1.29 is 4.79 Å². The van der Waals surface area contributed by atoms with Crippen LogP contribution in [0.4, 0.5) is 11.5 Å². The van der Waals surface area contributed by atoms with Crippen molar-refractivity contribution in [3.63, 3.8) is 0 Å². The van der Waals surface area contributed by atoms with Gasteiger partial charge in [-0.1, -0.05) is 104 Å². The monoisotopic (exact) mass is 612 g/mol. The van der Waals surface area contributed by atoms with Crippen LogP contribution in [0.2, 0.25) is 15.1 Å². The van der Waals surface area contributed by atoms with Crippen LogP contribution >= 0.6 is 46.4 Å². The van der Waals surface area contributed by atoms with Crippen LogP contribution in [0.15, 0.2) is 53.3 Å². The molecule has 1 atom stereocenters. The maximum Gasteiger partial charge on any atom is 0.273 e. The first-order valence-electron chi connectivity index (χ1n) is 13.5. The van der Waals surface area contributed by atoms with E-state index in [2.05, 4.69) is 10.5 Å². The molecule has 6 nitrogen and oxygen atoms in total. The lowest BCUT2D eigenvalue weighted by molar-refractivity contribution is -0.121. The van der Waals surface area contributed by atoms with Gasteiger partial charge in [0.15, 0.2) is 5.82 Å². The van der Waals surface area contributed by atoms with E-state index >= 15 is 0 Å². The second-order valence-electron chi connectivity index (χ2n) is 9.74. The number of alkyl halides is 1. The van der Waals surface area contributed by atoms with E-state index in [1.807, 2.05) is 37.3 Å². The number of rotatable bonds is 16. The number of unbranched alkanes of at least 4 members (excludes halogenated alkanes) is 8. The van der Waals surface area contributed by atoms with Gasteiger partial charge in [0.25, 0.3) is 5.56 Å². The van der Waals surface area contributed by atoms with Crippen LogP contribution in [0.3, 0.4) is 0 Å². The van der Waals surface area contributed by atoms with Gasteiger partial charge in [-0.3, -0.25) is 20.1 Å². The summed E-state index contributed by atoms with van der Waals surface area (Å²) in [6.45, 7) is 2.05. The number of nitrogens with zero attached hydrogens (tertiary/aromatic N) is 2. The molecule has 2 N–H and O–H groups in total. The van der Waals surface area contributed by atoms with Gasteiger partial charge in [0.1, 0.15) is 5.69 Å². The summed E-state index contributed by atoms with van der Waals surface area (Å²) in [5.74, 6) is 0.227. The van der Waals surface area contributed by atoms with E-state index in [9.17, 15) is 9.59 Å². The molecule has 0 fully saturated rings. The Labute approximate surface area is 250 Å². The van der Waals surface area contributed by atoms with Gasteiger partial charge in [-0.2, -0.15) is 0 Å². The van der Waals surface area contributed by atoms with Crippen molar-refractivity contribution in [2.24, 2.45) is 0 Å². The highest BCUT2D eigenvalue weighted by Crippen LogP contribution is 2.32. The molecule has 212 valence electrons. The molecular weight excluding hydrogens is 578 g/mol. The summed E-state index contributed by atoms with van der Waals surface area (Å²) in [6.07, 6.45) is 11.8. The number of amides is 1. The van der Waals surface area contributed by atoms with Gasteiger partial charge in [0.2, 0.25) is 5.91 Å². The van der Waals surface area contributed by atoms with E-state index in [-0.39, 0.29) is 32.6 Å². The van der Waals surface area contributed by atoms with Gasteiger partial charge in [0.05, 0.1) is 15.7 Å². The molecule has 0 saturated carbocycles. The normalized spacial score (nSPS) is 11.9. The zero-order valence-electron chi connectivity index (χ0n) is 22.2. The summed E-state index contributed by atoms with van der Waals surface area (Å²) in [7, 11) is 0. The molecule has 0 bridgehead atoms. The molecule has 0 spiro atoms. The topological polar surface area (TPSA) is 70.1 Å². The van der Waals surface area contributed by atoms with Crippen LogP contribution in [0.5, 0.6) is 0 Å². The Morgan fingerprint density at radius 2 is 1.46 bits per heavy atom. The Bertz CT molecular complexity index is 1220. The average molecular weight is 614 g/mol. The first-order valence-corrected chi connectivity index (χ1v) is 15.1. The van der Waals surface area contributed by atoms with Crippen LogP contribution < -0.4 is 16.0 Å². The molecule has 1 amide bonds. The fourth-order valence-corrected chi connectivity index (χ4v) is 5.52. The first-order chi connectivity index (χ1) is 18.8. The van der Waals surface area contributed by atoms with Crippen LogP contribution in [-0.4, -0.2) is 21.1 Å². The summed E-state index contributed by atoms with van der Waals surface area (Å²) in [4.78, 5) is 25.8. The molecule has 10 heteroatoms. The lowest BCUT2D eigenvalue weighted by Gasteiger charge is -2.23. The predicted octanol–water partition coefficient (Wildman–Crippen LogP) is 9.21. The van der Waals surface area contributed by atoms with Gasteiger partial charge in [-0.05, 0) is 44.0 Å². The first kappa shape index (κ1) is 31.4. The number of benzene rings is 2. The molecule has 1 aromatic heterocycles. The highest BCUT2D eigenvalue weighted by Gasteiger charge is 2.19. The maximum absolute atomic E-state index is 12.9. The van der Waals surface area contributed by atoms with Crippen molar-refractivity contribution in [1.29, 1.82) is 0 Å². The molecule has 0 aliphatic carbocycles. The third kappa shape index (κ3) is 10.1. The molecule has 1 unspecified atom stereocenters. The maximum atomic E-state index is 12.9. The van der Waals surface area contributed by atoms with E-state index < -0.39 is 0 Å². The Hall–Kier alpha value is -2.12. The van der Waals surface area contributed by atoms with Crippen LogP contribution in [-0.2, 0) is 4.79 Å². The number of hydrogen-bond donors (Lipinski definition) is 2. The zero-order chi connectivity index (χ0) is 28.2. The number of carbonyl (C=O) groups is 1. The van der Waals surface area contributed by atoms with Crippen LogP contribution in [0.25, 0.3) is 5.69 Å². The number of hydrazine groups is 1. The van der Waals surface area contributed by atoms with E-state index in [1.165, 1.54) is 61.4 Å². The van der Waals surface area contributed by atoms with E-state index in [4.69, 9.17) is 46.4 Å². The third-order valence-corrected chi connectivity index (χ3v) is 7.42. The van der Waals surface area contributed by atoms with Gasteiger partial charge < -0.3 is 0 Å². The molecule has 2 aromatic carbocycles. The molecule has 0 saturated heterocycles. The standard InChI is InChI=1S/C29H36Cl4N4O2/c1-21(30)14-10-7-5-3-2-4-6-8-13-17-27(38)35-36(23-15-11-9-12-16-23)26-20-28(39)37(34-26)29-24(32)18-22(31)19-25(29)33/h9,11-12,15-16,18-21,34H,2-8,10,13-14,17H2,1H3,(H,35,38). The molecule has 1 heterocycles. The van der Waals surface area contributed by atoms with Crippen molar-refractivity contribution >= 4 is 63.8 Å². The predicted molar refractivity (Wildman–Crippen MR) is 164 cm³/mol. The van der Waals surface area contributed by atoms with Crippen molar-refractivity contribution in [1.82, 2.24) is 15.2 Å². The van der Waals surface area contributed by atoms with Crippen molar-refractivity contribution in [3.05, 3.63) is 74.0 Å². The molecular formula is C29H36Cl4N4O2. The van der Waals surface area contributed by atoms with E-state index in [1.54, 1.807) is 5.01 Å². The highest BCUT2D eigenvalue weighted by atomic mass is 35.5. The number of H-pyrrole nitrogens is 1. The Morgan fingerprint density at radius 3 is 2.05 bits per heavy atom. The minimum absolute atomic E-state index is 0.136. The minimum atomic E-state index is -0.389. The zero-order valence-corrected chi connectivity index (χ0v) is 25.2. The van der Waals surface area contributed by atoms with E-state index in [0.29, 0.717) is 22.9 Å². The number of anilines is 2. The lowest BCUT2D eigenvalue weighted by Crippen LogP contribution is -2.39. The van der Waals surface area contributed by atoms with E-state index in [0.717, 1.165) is 25.7 Å². The summed E-state index contributed by atoms with van der Waals surface area (Å²) in [5, 5.41) is 5.65. The molecule has 0 radical (unpaired) electrons. The number of para-hydroxylation sites is 1. The second-order valence-corrected chi connectivity index (χ2v) is 11.7. The van der Waals surface area contributed by atoms with Crippen molar-refractivity contribution in [2.75, 3.05) is 5.01 Å².